The van der Waals surface area contributed by atoms with Crippen LogP contribution in [0.1, 0.15) is 6.92 Å². The van der Waals surface area contributed by atoms with Gasteiger partial charge in [-0.25, -0.2) is 19.7 Å². The number of aromatic amines is 1. The van der Waals surface area contributed by atoms with Crippen LogP contribution < -0.4 is 15.5 Å². The molecule has 3 aromatic rings. The second-order valence-corrected chi connectivity index (χ2v) is 5.73. The van der Waals surface area contributed by atoms with E-state index in [9.17, 15) is 4.79 Å². The van der Waals surface area contributed by atoms with Crippen molar-refractivity contribution in [3.05, 3.63) is 41.2 Å². The summed E-state index contributed by atoms with van der Waals surface area (Å²) >= 11 is 0. The molecule has 1 fully saturated rings. The molecule has 1 aliphatic heterocycles. The first-order valence-corrected chi connectivity index (χ1v) is 8.12. The van der Waals surface area contributed by atoms with Crippen LogP contribution in [0.5, 0.6) is 0 Å². The lowest BCUT2D eigenvalue weighted by Gasteiger charge is -2.36. The van der Waals surface area contributed by atoms with Crippen molar-refractivity contribution >= 4 is 22.8 Å². The second-order valence-electron chi connectivity index (χ2n) is 5.73. The molecule has 3 aromatic heterocycles. The molecule has 8 heteroatoms. The highest BCUT2D eigenvalue weighted by Gasteiger charge is 2.22. The van der Waals surface area contributed by atoms with Gasteiger partial charge in [-0.15, -0.1) is 0 Å². The molecule has 1 N–H and O–H groups in total. The molecule has 124 valence electrons. The molecule has 0 bridgehead atoms. The van der Waals surface area contributed by atoms with Gasteiger partial charge in [-0.2, -0.15) is 0 Å². The van der Waals surface area contributed by atoms with E-state index in [1.54, 1.807) is 4.57 Å². The molecule has 0 radical (unpaired) electrons. The lowest BCUT2D eigenvalue weighted by atomic mass is 10.3. The van der Waals surface area contributed by atoms with Crippen LogP contribution in [-0.2, 0) is 6.54 Å². The van der Waals surface area contributed by atoms with Crippen molar-refractivity contribution in [1.29, 1.82) is 0 Å². The van der Waals surface area contributed by atoms with Gasteiger partial charge in [-0.05, 0) is 19.1 Å². The number of aryl methyl sites for hydroxylation is 1. The predicted molar refractivity (Wildman–Crippen MR) is 92.5 cm³/mol. The van der Waals surface area contributed by atoms with Crippen LogP contribution in [-0.4, -0.2) is 50.7 Å². The predicted octanol–water partition coefficient (Wildman–Crippen LogP) is 0.861. The summed E-state index contributed by atoms with van der Waals surface area (Å²) in [7, 11) is 0. The van der Waals surface area contributed by atoms with Gasteiger partial charge in [0.2, 0.25) is 0 Å². The van der Waals surface area contributed by atoms with Crippen LogP contribution in [0.4, 0.5) is 11.6 Å². The minimum absolute atomic E-state index is 0.138. The fraction of sp³-hybridized carbons (Fsp3) is 0.375. The molecule has 0 aliphatic carbocycles. The summed E-state index contributed by atoms with van der Waals surface area (Å²) in [6.07, 6.45) is 3.34. The highest BCUT2D eigenvalue weighted by Crippen LogP contribution is 2.22. The molecular formula is C16H19N7O. The third kappa shape index (κ3) is 2.40. The zero-order valence-corrected chi connectivity index (χ0v) is 13.5. The number of pyridine rings is 1. The Bertz CT molecular complexity index is 894. The molecule has 8 nitrogen and oxygen atoms in total. The molecular weight excluding hydrogens is 306 g/mol. The Morgan fingerprint density at radius 2 is 1.88 bits per heavy atom. The summed E-state index contributed by atoms with van der Waals surface area (Å²) in [4.78, 5) is 32.5. The Hall–Kier alpha value is -2.90. The highest BCUT2D eigenvalue weighted by atomic mass is 16.1. The van der Waals surface area contributed by atoms with Crippen LogP contribution in [0.15, 0.2) is 35.5 Å². The van der Waals surface area contributed by atoms with Gasteiger partial charge in [-0.1, -0.05) is 6.07 Å². The molecule has 4 heterocycles. The maximum absolute atomic E-state index is 12.0. The quantitative estimate of drug-likeness (QED) is 0.769. The van der Waals surface area contributed by atoms with E-state index in [4.69, 9.17) is 0 Å². The summed E-state index contributed by atoms with van der Waals surface area (Å²) in [5.74, 6) is 1.79. The number of anilines is 2. The molecule has 1 aliphatic rings. The fourth-order valence-electron chi connectivity index (χ4n) is 3.18. The maximum atomic E-state index is 12.0. The van der Waals surface area contributed by atoms with Gasteiger partial charge in [0.15, 0.2) is 11.5 Å². The minimum atomic E-state index is -0.138. The normalized spacial score (nSPS) is 15.2. The van der Waals surface area contributed by atoms with Crippen molar-refractivity contribution in [3.63, 3.8) is 0 Å². The monoisotopic (exact) mass is 325 g/mol. The van der Waals surface area contributed by atoms with Crippen LogP contribution in [0.2, 0.25) is 0 Å². The summed E-state index contributed by atoms with van der Waals surface area (Å²) < 4.78 is 1.63. The van der Waals surface area contributed by atoms with E-state index in [1.807, 2.05) is 31.3 Å². The van der Waals surface area contributed by atoms with E-state index >= 15 is 0 Å². The smallest absolute Gasteiger partial charge is 0.327 e. The third-order valence-corrected chi connectivity index (χ3v) is 4.41. The first kappa shape index (κ1) is 14.7. The molecule has 0 amide bonds. The molecule has 4 rings (SSSR count). The fourth-order valence-corrected chi connectivity index (χ4v) is 3.18. The first-order valence-electron chi connectivity index (χ1n) is 8.12. The Balaban J connectivity index is 1.60. The summed E-state index contributed by atoms with van der Waals surface area (Å²) in [5.41, 5.74) is 1.25. The molecule has 24 heavy (non-hydrogen) atoms. The SMILES string of the molecule is CCn1c(=O)[nH]c2c(N3CCN(c4ccccn4)CC3)ncnc21. The Morgan fingerprint density at radius 3 is 2.58 bits per heavy atom. The number of nitrogens with zero attached hydrogens (tertiary/aromatic N) is 6. The largest absolute Gasteiger partial charge is 0.353 e. The molecule has 0 unspecified atom stereocenters. The second kappa shape index (κ2) is 5.95. The van der Waals surface area contributed by atoms with E-state index in [0.717, 1.165) is 43.3 Å². The van der Waals surface area contributed by atoms with E-state index in [-0.39, 0.29) is 5.69 Å². The van der Waals surface area contributed by atoms with Gasteiger partial charge < -0.3 is 14.8 Å². The Kier molecular flexibility index (Phi) is 3.64. The average Bonchev–Trinajstić information content (AvgIpc) is 2.97. The van der Waals surface area contributed by atoms with E-state index in [0.29, 0.717) is 12.2 Å². The van der Waals surface area contributed by atoms with Gasteiger partial charge >= 0.3 is 5.69 Å². The molecule has 1 saturated heterocycles. The molecule has 0 aromatic carbocycles. The number of hydrogen-bond donors (Lipinski definition) is 1. The number of imidazole rings is 1. The van der Waals surface area contributed by atoms with Crippen molar-refractivity contribution in [2.45, 2.75) is 13.5 Å². The standard InChI is InChI=1S/C16H19N7O/c1-2-23-15-13(20-16(23)24)14(18-11-19-15)22-9-7-21(8-10-22)12-5-3-4-6-17-12/h3-6,11H,2,7-10H2,1H3,(H,20,24). The van der Waals surface area contributed by atoms with Gasteiger partial charge in [0.05, 0.1) is 0 Å². The van der Waals surface area contributed by atoms with Crippen LogP contribution in [0.25, 0.3) is 11.2 Å². The summed E-state index contributed by atoms with van der Waals surface area (Å²) in [6, 6.07) is 5.95. The van der Waals surface area contributed by atoms with Crippen molar-refractivity contribution in [1.82, 2.24) is 24.5 Å². The van der Waals surface area contributed by atoms with Crippen molar-refractivity contribution in [3.8, 4) is 0 Å². The van der Waals surface area contributed by atoms with E-state index in [1.165, 1.54) is 6.33 Å². The highest BCUT2D eigenvalue weighted by molar-refractivity contribution is 5.83. The van der Waals surface area contributed by atoms with Gasteiger partial charge in [-0.3, -0.25) is 4.57 Å². The molecule has 0 saturated carbocycles. The zero-order chi connectivity index (χ0) is 16.5. The van der Waals surface area contributed by atoms with Crippen LogP contribution in [0, 0.1) is 0 Å². The van der Waals surface area contributed by atoms with Gasteiger partial charge in [0.25, 0.3) is 0 Å². The van der Waals surface area contributed by atoms with Gasteiger partial charge in [0, 0.05) is 38.9 Å². The van der Waals surface area contributed by atoms with Crippen molar-refractivity contribution < 1.29 is 0 Å². The van der Waals surface area contributed by atoms with Gasteiger partial charge in [0.1, 0.15) is 17.7 Å². The zero-order valence-electron chi connectivity index (χ0n) is 13.5. The number of aromatic nitrogens is 5. The number of piperazine rings is 1. The summed E-state index contributed by atoms with van der Waals surface area (Å²) in [5, 5.41) is 0. The Labute approximate surface area is 138 Å². The van der Waals surface area contributed by atoms with Crippen molar-refractivity contribution in [2.24, 2.45) is 0 Å². The third-order valence-electron chi connectivity index (χ3n) is 4.41. The number of fused-ring (bicyclic) bond motifs is 1. The minimum Gasteiger partial charge on any atom is -0.353 e. The van der Waals surface area contributed by atoms with Crippen LogP contribution in [0.3, 0.4) is 0 Å². The number of H-pyrrole nitrogens is 1. The van der Waals surface area contributed by atoms with E-state index in [2.05, 4.69) is 29.7 Å². The number of nitrogens with one attached hydrogen (secondary N) is 1. The number of hydrogen-bond acceptors (Lipinski definition) is 6. The van der Waals surface area contributed by atoms with E-state index < -0.39 is 0 Å². The number of rotatable bonds is 3. The molecule has 0 atom stereocenters. The topological polar surface area (TPSA) is 82.9 Å². The van der Waals surface area contributed by atoms with Crippen molar-refractivity contribution in [2.75, 3.05) is 36.0 Å². The maximum Gasteiger partial charge on any atom is 0.327 e. The lowest BCUT2D eigenvalue weighted by molar-refractivity contribution is 0.642. The Morgan fingerprint density at radius 1 is 1.08 bits per heavy atom. The average molecular weight is 325 g/mol. The van der Waals surface area contributed by atoms with Crippen LogP contribution >= 0.6 is 0 Å². The summed E-state index contributed by atoms with van der Waals surface area (Å²) in [6.45, 7) is 5.89. The first-order chi connectivity index (χ1) is 11.8. The molecule has 0 spiro atoms. The lowest BCUT2D eigenvalue weighted by Crippen LogP contribution is -2.47.